The van der Waals surface area contributed by atoms with Crippen LogP contribution in [0.5, 0.6) is 0 Å². The highest BCUT2D eigenvalue weighted by Crippen LogP contribution is 2.24. The maximum atomic E-state index is 12.6. The van der Waals surface area contributed by atoms with Gasteiger partial charge in [-0.05, 0) is 23.8 Å². The average molecular weight is 378 g/mol. The number of nitrogens with one attached hydrogen (secondary N) is 2. The lowest BCUT2D eigenvalue weighted by Gasteiger charge is -2.13. The molecule has 28 heavy (non-hydrogen) atoms. The molecule has 6 heteroatoms. The summed E-state index contributed by atoms with van der Waals surface area (Å²) in [5.41, 5.74) is 3.18. The lowest BCUT2D eigenvalue weighted by atomic mass is 10.0. The van der Waals surface area contributed by atoms with Crippen LogP contribution in [0.15, 0.2) is 55.1 Å². The largest absolute Gasteiger partial charge is 0.348 e. The molecule has 0 aliphatic carbocycles. The van der Waals surface area contributed by atoms with Crippen LogP contribution >= 0.6 is 0 Å². The smallest absolute Gasteiger partial charge is 0.261 e. The Kier molecular flexibility index (Phi) is 5.70. The van der Waals surface area contributed by atoms with Crippen LogP contribution < -0.4 is 10.2 Å². The van der Waals surface area contributed by atoms with Gasteiger partial charge in [0.15, 0.2) is 0 Å². The molecule has 2 aromatic carbocycles. The molecule has 2 N–H and O–H groups in total. The minimum atomic E-state index is -0.395. The quantitative estimate of drug-likeness (QED) is 0.559. The van der Waals surface area contributed by atoms with Gasteiger partial charge in [-0.1, -0.05) is 30.3 Å². The summed E-state index contributed by atoms with van der Waals surface area (Å²) in [6, 6.07) is 12.6. The molecule has 6 nitrogen and oxygen atoms in total. The summed E-state index contributed by atoms with van der Waals surface area (Å²) >= 11 is 0. The first-order valence-corrected chi connectivity index (χ1v) is 9.17. The first-order chi connectivity index (χ1) is 13.4. The number of nitrogens with zero attached hydrogens (tertiary/aromatic N) is 1. The molecule has 0 spiro atoms. The Morgan fingerprint density at radius 2 is 1.75 bits per heavy atom. The number of rotatable bonds is 7. The van der Waals surface area contributed by atoms with Crippen molar-refractivity contribution in [2.75, 3.05) is 20.6 Å². The minimum absolute atomic E-state index is 0.151. The van der Waals surface area contributed by atoms with Gasteiger partial charge in [0.05, 0.1) is 25.2 Å². The Morgan fingerprint density at radius 3 is 2.43 bits per heavy atom. The normalized spacial score (nSPS) is 13.0. The molecule has 1 aliphatic heterocycles. The Morgan fingerprint density at radius 1 is 1.07 bits per heavy atom. The zero-order valence-electron chi connectivity index (χ0n) is 16.1. The van der Waals surface area contributed by atoms with E-state index in [1.807, 2.05) is 18.2 Å². The number of benzene rings is 2. The van der Waals surface area contributed by atoms with Crippen molar-refractivity contribution < 1.29 is 19.3 Å². The third-order valence-electron chi connectivity index (χ3n) is 4.65. The molecule has 0 atom stereocenters. The van der Waals surface area contributed by atoms with Gasteiger partial charge in [-0.2, -0.15) is 0 Å². The summed E-state index contributed by atoms with van der Waals surface area (Å²) in [5, 5.41) is 2.91. The molecule has 0 radical (unpaired) electrons. The Hall–Kier alpha value is -3.25. The van der Waals surface area contributed by atoms with Gasteiger partial charge < -0.3 is 10.2 Å². The number of amides is 3. The van der Waals surface area contributed by atoms with E-state index in [-0.39, 0.29) is 23.9 Å². The van der Waals surface area contributed by atoms with E-state index in [2.05, 4.69) is 32.1 Å². The molecule has 0 saturated heterocycles. The van der Waals surface area contributed by atoms with E-state index in [4.69, 9.17) is 0 Å². The molecule has 0 saturated carbocycles. The summed E-state index contributed by atoms with van der Waals surface area (Å²) in [6.07, 6.45) is 1.50. The Labute approximate surface area is 164 Å². The molecule has 144 valence electrons. The molecule has 3 rings (SSSR count). The number of imide groups is 1. The van der Waals surface area contributed by atoms with Gasteiger partial charge in [-0.15, -0.1) is 6.58 Å². The molecule has 1 heterocycles. The first kappa shape index (κ1) is 19.5. The predicted molar refractivity (Wildman–Crippen MR) is 106 cm³/mol. The van der Waals surface area contributed by atoms with Crippen LogP contribution in [-0.2, 0) is 13.1 Å². The number of quaternary nitrogens is 1. The molecule has 0 bridgehead atoms. The van der Waals surface area contributed by atoms with Gasteiger partial charge >= 0.3 is 0 Å². The lowest BCUT2D eigenvalue weighted by Crippen LogP contribution is -3.04. The van der Waals surface area contributed by atoms with Gasteiger partial charge in [-0.3, -0.25) is 19.3 Å². The van der Waals surface area contributed by atoms with E-state index in [1.165, 1.54) is 28.7 Å². The molecular formula is C22H24N3O3+. The van der Waals surface area contributed by atoms with E-state index >= 15 is 0 Å². The predicted octanol–water partition coefficient (Wildman–Crippen LogP) is 1.04. The maximum absolute atomic E-state index is 12.6. The minimum Gasteiger partial charge on any atom is -0.348 e. The third kappa shape index (κ3) is 3.87. The summed E-state index contributed by atoms with van der Waals surface area (Å²) < 4.78 is 0. The van der Waals surface area contributed by atoms with Crippen LogP contribution in [0.2, 0.25) is 0 Å². The number of fused-ring (bicyclic) bond motifs is 1. The molecule has 3 amide bonds. The molecule has 0 unspecified atom stereocenters. The molecule has 0 fully saturated rings. The topological polar surface area (TPSA) is 70.9 Å². The van der Waals surface area contributed by atoms with E-state index in [1.54, 1.807) is 6.07 Å². The standard InChI is InChI=1S/C22H23N3O3/c1-4-11-25-21(27)18-10-9-15(12-19(18)22(25)28)20(26)23-13-16-7-5-6-8-17(16)14-24(2)3/h4-10,12H,1,11,13-14H2,2-3H3,(H,23,26)/p+1. The fourth-order valence-electron chi connectivity index (χ4n) is 3.29. The van der Waals surface area contributed by atoms with Crippen LogP contribution in [0.1, 0.15) is 42.2 Å². The molecular weight excluding hydrogens is 354 g/mol. The summed E-state index contributed by atoms with van der Waals surface area (Å²) in [7, 11) is 4.15. The Balaban J connectivity index is 1.75. The second-order valence-electron chi connectivity index (χ2n) is 7.11. The SMILES string of the molecule is C=CCN1C(=O)c2ccc(C(=O)NCc3ccccc3C[NH+](C)C)cc2C1=O. The second kappa shape index (κ2) is 8.19. The summed E-state index contributed by atoms with van der Waals surface area (Å²) in [5.74, 6) is -1.03. The van der Waals surface area contributed by atoms with Crippen molar-refractivity contribution in [1.82, 2.24) is 10.2 Å². The summed E-state index contributed by atoms with van der Waals surface area (Å²) in [6.45, 7) is 4.98. The van der Waals surface area contributed by atoms with Crippen LogP contribution in [0.3, 0.4) is 0 Å². The van der Waals surface area contributed by atoms with Crippen LogP contribution in [0.4, 0.5) is 0 Å². The molecule has 2 aromatic rings. The zero-order valence-corrected chi connectivity index (χ0v) is 16.1. The average Bonchev–Trinajstić information content (AvgIpc) is 2.91. The van der Waals surface area contributed by atoms with Gasteiger partial charge in [0.2, 0.25) is 0 Å². The van der Waals surface area contributed by atoms with E-state index in [9.17, 15) is 14.4 Å². The number of hydrogen-bond acceptors (Lipinski definition) is 3. The lowest BCUT2D eigenvalue weighted by molar-refractivity contribution is -0.872. The summed E-state index contributed by atoms with van der Waals surface area (Å²) in [4.78, 5) is 39.7. The van der Waals surface area contributed by atoms with Gasteiger partial charge in [0.1, 0.15) is 6.54 Å². The third-order valence-corrected chi connectivity index (χ3v) is 4.65. The monoisotopic (exact) mass is 378 g/mol. The Bertz CT molecular complexity index is 950. The van der Waals surface area contributed by atoms with Crippen molar-refractivity contribution in [2.24, 2.45) is 0 Å². The van der Waals surface area contributed by atoms with E-state index in [0.29, 0.717) is 17.7 Å². The van der Waals surface area contributed by atoms with Gasteiger partial charge in [0.25, 0.3) is 17.7 Å². The second-order valence-corrected chi connectivity index (χ2v) is 7.11. The highest BCUT2D eigenvalue weighted by molar-refractivity contribution is 6.22. The maximum Gasteiger partial charge on any atom is 0.261 e. The van der Waals surface area contributed by atoms with Crippen molar-refractivity contribution in [2.45, 2.75) is 13.1 Å². The molecule has 0 aromatic heterocycles. The van der Waals surface area contributed by atoms with Gasteiger partial charge in [0, 0.05) is 24.2 Å². The first-order valence-electron chi connectivity index (χ1n) is 9.17. The van der Waals surface area contributed by atoms with Crippen molar-refractivity contribution in [3.8, 4) is 0 Å². The fourth-order valence-corrected chi connectivity index (χ4v) is 3.29. The number of hydrogen-bond donors (Lipinski definition) is 2. The number of carbonyl (C=O) groups is 3. The van der Waals surface area contributed by atoms with E-state index < -0.39 is 5.91 Å². The number of carbonyl (C=O) groups excluding carboxylic acids is 3. The van der Waals surface area contributed by atoms with Crippen molar-refractivity contribution in [3.05, 3.63) is 82.9 Å². The fraction of sp³-hybridized carbons (Fsp3) is 0.227. The van der Waals surface area contributed by atoms with Gasteiger partial charge in [-0.25, -0.2) is 0 Å². The van der Waals surface area contributed by atoms with Crippen molar-refractivity contribution in [1.29, 1.82) is 0 Å². The van der Waals surface area contributed by atoms with E-state index in [0.717, 1.165) is 17.0 Å². The zero-order chi connectivity index (χ0) is 20.3. The van der Waals surface area contributed by atoms with Crippen LogP contribution in [0.25, 0.3) is 0 Å². The molecule has 1 aliphatic rings. The van der Waals surface area contributed by atoms with Crippen LogP contribution in [-0.4, -0.2) is 43.3 Å². The van der Waals surface area contributed by atoms with Crippen molar-refractivity contribution >= 4 is 17.7 Å². The van der Waals surface area contributed by atoms with Crippen LogP contribution in [0, 0.1) is 0 Å². The highest BCUT2D eigenvalue weighted by Gasteiger charge is 2.35. The highest BCUT2D eigenvalue weighted by atomic mass is 16.2. The van der Waals surface area contributed by atoms with Crippen molar-refractivity contribution in [3.63, 3.8) is 0 Å².